The predicted molar refractivity (Wildman–Crippen MR) is 90.7 cm³/mol. The lowest BCUT2D eigenvalue weighted by Crippen LogP contribution is -2.47. The maximum Gasteiger partial charge on any atom is 0.226 e. The molecule has 1 aliphatic heterocycles. The van der Waals surface area contributed by atoms with Gasteiger partial charge in [0.1, 0.15) is 0 Å². The van der Waals surface area contributed by atoms with Crippen LogP contribution in [0.1, 0.15) is 53.4 Å². The van der Waals surface area contributed by atoms with Gasteiger partial charge in [-0.25, -0.2) is 0 Å². The minimum atomic E-state index is 0.0887. The summed E-state index contributed by atoms with van der Waals surface area (Å²) in [4.78, 5) is 26.7. The van der Waals surface area contributed by atoms with Gasteiger partial charge in [0.05, 0.1) is 5.92 Å². The molecule has 128 valence electrons. The van der Waals surface area contributed by atoms with Gasteiger partial charge in [-0.2, -0.15) is 0 Å². The predicted octanol–water partition coefficient (Wildman–Crippen LogP) is 2.74. The number of likely N-dealkylation sites (tertiary alicyclic amines) is 1. The third kappa shape index (κ3) is 3.46. The molecule has 3 fully saturated rings. The van der Waals surface area contributed by atoms with Gasteiger partial charge in [-0.3, -0.25) is 9.59 Å². The van der Waals surface area contributed by atoms with Gasteiger partial charge in [0.15, 0.2) is 0 Å². The van der Waals surface area contributed by atoms with Crippen molar-refractivity contribution in [2.24, 2.45) is 23.2 Å². The van der Waals surface area contributed by atoms with Crippen LogP contribution in [0.5, 0.6) is 0 Å². The van der Waals surface area contributed by atoms with Crippen LogP contribution in [0, 0.1) is 23.2 Å². The molecule has 2 aliphatic carbocycles. The Morgan fingerprint density at radius 1 is 1.09 bits per heavy atom. The Morgan fingerprint density at radius 2 is 1.70 bits per heavy atom. The maximum atomic E-state index is 12.8. The molecule has 2 amide bonds. The highest BCUT2D eigenvalue weighted by Crippen LogP contribution is 2.60. The topological polar surface area (TPSA) is 49.4 Å². The van der Waals surface area contributed by atoms with Crippen molar-refractivity contribution in [1.29, 1.82) is 0 Å². The van der Waals surface area contributed by atoms with Gasteiger partial charge in [0, 0.05) is 25.0 Å². The van der Waals surface area contributed by atoms with Crippen LogP contribution in [0.15, 0.2) is 11.6 Å². The van der Waals surface area contributed by atoms with Crippen LogP contribution < -0.4 is 5.32 Å². The smallest absolute Gasteiger partial charge is 0.226 e. The van der Waals surface area contributed by atoms with E-state index in [2.05, 4.69) is 39.1 Å². The zero-order valence-corrected chi connectivity index (χ0v) is 14.9. The largest absolute Gasteiger partial charge is 0.353 e. The quantitative estimate of drug-likeness (QED) is 0.810. The van der Waals surface area contributed by atoms with Crippen molar-refractivity contribution < 1.29 is 9.59 Å². The van der Waals surface area contributed by atoms with Crippen LogP contribution in [0.4, 0.5) is 0 Å². The summed E-state index contributed by atoms with van der Waals surface area (Å²) in [5.41, 5.74) is 1.38. The first-order chi connectivity index (χ1) is 10.8. The Bertz CT molecular complexity index is 521. The van der Waals surface area contributed by atoms with Crippen LogP contribution >= 0.6 is 0 Å². The standard InChI is InChI=1S/C19H30N2O2/c1-12(2)11-15-16(19(15,3)4)18(23)21-9-7-14(8-10-21)20-17(22)13-5-6-13/h11,13-16H,5-10H2,1-4H3,(H,20,22)/t15-,16-/m0/s1. The average molecular weight is 318 g/mol. The molecule has 4 nitrogen and oxygen atoms in total. The minimum Gasteiger partial charge on any atom is -0.353 e. The Balaban J connectivity index is 1.50. The van der Waals surface area contributed by atoms with E-state index in [0.717, 1.165) is 38.8 Å². The molecule has 0 aromatic carbocycles. The molecule has 0 aromatic heterocycles. The number of amides is 2. The van der Waals surface area contributed by atoms with E-state index in [1.807, 2.05) is 4.90 Å². The Kier molecular flexibility index (Phi) is 4.28. The molecule has 0 aromatic rings. The fourth-order valence-electron chi connectivity index (χ4n) is 3.92. The molecular formula is C19H30N2O2. The lowest BCUT2D eigenvalue weighted by Gasteiger charge is -2.33. The molecule has 4 heteroatoms. The summed E-state index contributed by atoms with van der Waals surface area (Å²) in [6, 6.07) is 0.257. The maximum absolute atomic E-state index is 12.8. The number of nitrogens with zero attached hydrogens (tertiary/aromatic N) is 1. The third-order valence-corrected chi connectivity index (χ3v) is 5.79. The van der Waals surface area contributed by atoms with Gasteiger partial charge in [-0.1, -0.05) is 25.5 Å². The van der Waals surface area contributed by atoms with Crippen molar-refractivity contribution in [3.63, 3.8) is 0 Å². The van der Waals surface area contributed by atoms with E-state index in [0.29, 0.717) is 11.8 Å². The summed E-state index contributed by atoms with van der Waals surface area (Å²) in [7, 11) is 0. The third-order valence-electron chi connectivity index (χ3n) is 5.79. The van der Waals surface area contributed by atoms with Gasteiger partial charge in [-0.15, -0.1) is 0 Å². The van der Waals surface area contributed by atoms with Crippen molar-refractivity contribution in [2.75, 3.05) is 13.1 Å². The summed E-state index contributed by atoms with van der Waals surface area (Å²) >= 11 is 0. The highest BCUT2D eigenvalue weighted by molar-refractivity contribution is 5.84. The Hall–Kier alpha value is -1.32. The zero-order chi connectivity index (χ0) is 16.8. The normalized spacial score (nSPS) is 29.8. The second-order valence-corrected chi connectivity index (χ2v) is 8.45. The van der Waals surface area contributed by atoms with Crippen molar-refractivity contribution in [1.82, 2.24) is 10.2 Å². The fraction of sp³-hybridized carbons (Fsp3) is 0.789. The lowest BCUT2D eigenvalue weighted by atomic mass is 10.0. The number of hydrogen-bond acceptors (Lipinski definition) is 2. The summed E-state index contributed by atoms with van der Waals surface area (Å²) in [6.07, 6.45) is 6.14. The van der Waals surface area contributed by atoms with Gasteiger partial charge in [-0.05, 0) is 50.9 Å². The molecule has 0 unspecified atom stereocenters. The van der Waals surface area contributed by atoms with E-state index in [9.17, 15) is 9.59 Å². The first-order valence-corrected chi connectivity index (χ1v) is 9.05. The molecule has 0 radical (unpaired) electrons. The van der Waals surface area contributed by atoms with E-state index in [4.69, 9.17) is 0 Å². The van der Waals surface area contributed by atoms with Crippen molar-refractivity contribution >= 4 is 11.8 Å². The van der Waals surface area contributed by atoms with E-state index >= 15 is 0 Å². The molecule has 2 saturated carbocycles. The number of hydrogen-bond donors (Lipinski definition) is 1. The summed E-state index contributed by atoms with van der Waals surface area (Å²) in [6.45, 7) is 10.2. The van der Waals surface area contributed by atoms with Gasteiger partial charge >= 0.3 is 0 Å². The van der Waals surface area contributed by atoms with Crippen LogP contribution in [-0.4, -0.2) is 35.8 Å². The Morgan fingerprint density at radius 3 is 2.22 bits per heavy atom. The van der Waals surface area contributed by atoms with Crippen molar-refractivity contribution in [2.45, 2.75) is 59.4 Å². The van der Waals surface area contributed by atoms with Crippen LogP contribution in [0.25, 0.3) is 0 Å². The number of piperidine rings is 1. The molecule has 3 rings (SSSR count). The van der Waals surface area contributed by atoms with Crippen molar-refractivity contribution in [3.05, 3.63) is 11.6 Å². The molecule has 2 atom stereocenters. The van der Waals surface area contributed by atoms with E-state index in [-0.39, 0.29) is 29.2 Å². The van der Waals surface area contributed by atoms with Crippen LogP contribution in [-0.2, 0) is 9.59 Å². The molecule has 3 aliphatic rings. The van der Waals surface area contributed by atoms with Crippen LogP contribution in [0.3, 0.4) is 0 Å². The SMILES string of the molecule is CC(C)=C[C@H]1[C@@H](C(=O)N2CCC(NC(=O)C3CC3)CC2)C1(C)C. The summed E-state index contributed by atoms with van der Waals surface area (Å²) < 4.78 is 0. The highest BCUT2D eigenvalue weighted by Gasteiger charge is 2.61. The number of allylic oxidation sites excluding steroid dienone is 2. The molecule has 1 heterocycles. The monoisotopic (exact) mass is 318 g/mol. The van der Waals surface area contributed by atoms with Crippen molar-refractivity contribution in [3.8, 4) is 0 Å². The molecule has 23 heavy (non-hydrogen) atoms. The fourth-order valence-corrected chi connectivity index (χ4v) is 3.92. The summed E-state index contributed by atoms with van der Waals surface area (Å²) in [5.74, 6) is 1.32. The first-order valence-electron chi connectivity index (χ1n) is 9.05. The average Bonchev–Trinajstić information content (AvgIpc) is 3.37. The van der Waals surface area contributed by atoms with Gasteiger partial charge < -0.3 is 10.2 Å². The second kappa shape index (κ2) is 5.95. The van der Waals surface area contributed by atoms with E-state index in [1.165, 1.54) is 5.57 Å². The van der Waals surface area contributed by atoms with Crippen LogP contribution in [0.2, 0.25) is 0 Å². The zero-order valence-electron chi connectivity index (χ0n) is 14.9. The second-order valence-electron chi connectivity index (χ2n) is 8.45. The lowest BCUT2D eigenvalue weighted by molar-refractivity contribution is -0.134. The molecular weight excluding hydrogens is 288 g/mol. The highest BCUT2D eigenvalue weighted by atomic mass is 16.2. The number of carbonyl (C=O) groups is 2. The minimum absolute atomic E-state index is 0.0887. The molecule has 0 spiro atoms. The number of rotatable bonds is 4. The number of nitrogens with one attached hydrogen (secondary N) is 1. The van der Waals surface area contributed by atoms with Gasteiger partial charge in [0.25, 0.3) is 0 Å². The summed E-state index contributed by atoms with van der Waals surface area (Å²) in [5, 5.41) is 3.15. The Labute approximate surface area is 139 Å². The van der Waals surface area contributed by atoms with E-state index in [1.54, 1.807) is 0 Å². The number of carbonyl (C=O) groups excluding carboxylic acids is 2. The molecule has 0 bridgehead atoms. The molecule has 1 N–H and O–H groups in total. The first kappa shape index (κ1) is 16.5. The van der Waals surface area contributed by atoms with E-state index < -0.39 is 0 Å². The van der Waals surface area contributed by atoms with Gasteiger partial charge in [0.2, 0.25) is 11.8 Å². The molecule has 1 saturated heterocycles.